The average molecular weight is 365 g/mol. The molecule has 0 spiro atoms. The molecule has 0 heterocycles. The van der Waals surface area contributed by atoms with Crippen LogP contribution in [0, 0.1) is 41.5 Å². The van der Waals surface area contributed by atoms with E-state index in [9.17, 15) is 0 Å². The SMILES string of the molecule is Cc1c(C(C)C)cc(C(C)(C)c2cc(C(C)C)c(C)c(C)c2C)c(C)c1C. The summed E-state index contributed by atoms with van der Waals surface area (Å²) in [7, 11) is 0. The molecule has 0 heteroatoms. The van der Waals surface area contributed by atoms with Gasteiger partial charge in [-0.15, -0.1) is 0 Å². The fourth-order valence-electron chi connectivity index (χ4n) is 4.79. The van der Waals surface area contributed by atoms with E-state index in [1.54, 1.807) is 0 Å². The molecule has 0 aliphatic rings. The highest BCUT2D eigenvalue weighted by atomic mass is 14.3. The Labute approximate surface area is 168 Å². The van der Waals surface area contributed by atoms with Crippen molar-refractivity contribution in [3.05, 3.63) is 67.8 Å². The summed E-state index contributed by atoms with van der Waals surface area (Å²) in [5.74, 6) is 1.09. The van der Waals surface area contributed by atoms with E-state index in [1.165, 1.54) is 55.6 Å². The molecular formula is C27H40. The van der Waals surface area contributed by atoms with Gasteiger partial charge in [-0.05, 0) is 109 Å². The number of hydrogen-bond acceptors (Lipinski definition) is 0. The van der Waals surface area contributed by atoms with Gasteiger partial charge in [-0.25, -0.2) is 0 Å². The third-order valence-corrected chi connectivity index (χ3v) is 7.11. The second-order valence-electron chi connectivity index (χ2n) is 9.71. The maximum absolute atomic E-state index is 2.49. The predicted octanol–water partition coefficient (Wildman–Crippen LogP) is 8.11. The monoisotopic (exact) mass is 364 g/mol. The molecular weight excluding hydrogens is 324 g/mol. The summed E-state index contributed by atoms with van der Waals surface area (Å²) < 4.78 is 0. The Kier molecular flexibility index (Phi) is 6.00. The van der Waals surface area contributed by atoms with Crippen molar-refractivity contribution in [3.63, 3.8) is 0 Å². The lowest BCUT2D eigenvalue weighted by Gasteiger charge is -2.34. The van der Waals surface area contributed by atoms with Crippen LogP contribution in [-0.2, 0) is 5.41 Å². The average Bonchev–Trinajstić information content (AvgIpc) is 2.56. The first-order valence-corrected chi connectivity index (χ1v) is 10.5. The minimum Gasteiger partial charge on any atom is -0.0587 e. The third kappa shape index (κ3) is 3.60. The Morgan fingerprint density at radius 3 is 1.07 bits per heavy atom. The zero-order chi connectivity index (χ0) is 20.8. The lowest BCUT2D eigenvalue weighted by Crippen LogP contribution is -2.24. The molecule has 2 rings (SSSR count). The molecule has 0 unspecified atom stereocenters. The summed E-state index contributed by atoms with van der Waals surface area (Å²) in [6.07, 6.45) is 0. The van der Waals surface area contributed by atoms with E-state index in [-0.39, 0.29) is 5.41 Å². The van der Waals surface area contributed by atoms with Gasteiger partial charge in [0, 0.05) is 5.41 Å². The summed E-state index contributed by atoms with van der Waals surface area (Å²) in [6, 6.07) is 4.98. The van der Waals surface area contributed by atoms with Crippen LogP contribution in [0.3, 0.4) is 0 Å². The molecule has 2 aromatic rings. The van der Waals surface area contributed by atoms with Gasteiger partial charge in [-0.1, -0.05) is 53.7 Å². The van der Waals surface area contributed by atoms with Crippen molar-refractivity contribution in [3.8, 4) is 0 Å². The van der Waals surface area contributed by atoms with Crippen LogP contribution in [0.15, 0.2) is 12.1 Å². The Morgan fingerprint density at radius 2 is 0.815 bits per heavy atom. The summed E-state index contributed by atoms with van der Waals surface area (Å²) in [5.41, 5.74) is 14.7. The minimum atomic E-state index is -0.0155. The van der Waals surface area contributed by atoms with Crippen molar-refractivity contribution < 1.29 is 0 Å². The highest BCUT2D eigenvalue weighted by Crippen LogP contribution is 2.41. The molecule has 0 saturated carbocycles. The lowest BCUT2D eigenvalue weighted by molar-refractivity contribution is 0.623. The number of hydrogen-bond donors (Lipinski definition) is 0. The quantitative estimate of drug-likeness (QED) is 0.514. The van der Waals surface area contributed by atoms with Crippen molar-refractivity contribution >= 4 is 0 Å². The van der Waals surface area contributed by atoms with Gasteiger partial charge in [0.1, 0.15) is 0 Å². The van der Waals surface area contributed by atoms with Gasteiger partial charge in [0.05, 0.1) is 0 Å². The Morgan fingerprint density at radius 1 is 0.519 bits per heavy atom. The van der Waals surface area contributed by atoms with E-state index in [4.69, 9.17) is 0 Å². The third-order valence-electron chi connectivity index (χ3n) is 7.11. The van der Waals surface area contributed by atoms with Crippen molar-refractivity contribution in [2.45, 2.75) is 100 Å². The summed E-state index contributed by atoms with van der Waals surface area (Å²) in [5, 5.41) is 0. The molecule has 0 fully saturated rings. The summed E-state index contributed by atoms with van der Waals surface area (Å²) >= 11 is 0. The summed E-state index contributed by atoms with van der Waals surface area (Å²) in [4.78, 5) is 0. The second kappa shape index (κ2) is 7.46. The van der Waals surface area contributed by atoms with Crippen LogP contribution in [0.1, 0.15) is 109 Å². The smallest absolute Gasteiger partial charge is 0.0152 e. The van der Waals surface area contributed by atoms with Crippen molar-refractivity contribution in [1.82, 2.24) is 0 Å². The van der Waals surface area contributed by atoms with Crippen molar-refractivity contribution in [1.29, 1.82) is 0 Å². The first-order chi connectivity index (χ1) is 12.3. The van der Waals surface area contributed by atoms with E-state index in [0.717, 1.165) is 0 Å². The maximum Gasteiger partial charge on any atom is 0.0152 e. The van der Waals surface area contributed by atoms with Crippen molar-refractivity contribution in [2.24, 2.45) is 0 Å². The van der Waals surface area contributed by atoms with E-state index < -0.39 is 0 Å². The molecule has 0 aliphatic carbocycles. The Bertz CT molecular complexity index is 789. The van der Waals surface area contributed by atoms with Crippen LogP contribution < -0.4 is 0 Å². The van der Waals surface area contributed by atoms with E-state index in [2.05, 4.69) is 95.2 Å². The largest absolute Gasteiger partial charge is 0.0587 e. The van der Waals surface area contributed by atoms with Crippen LogP contribution in [0.25, 0.3) is 0 Å². The molecule has 0 radical (unpaired) electrons. The fourth-order valence-corrected chi connectivity index (χ4v) is 4.79. The number of rotatable bonds is 4. The van der Waals surface area contributed by atoms with Crippen LogP contribution in [0.2, 0.25) is 0 Å². The topological polar surface area (TPSA) is 0 Å². The lowest BCUT2D eigenvalue weighted by atomic mass is 9.70. The van der Waals surface area contributed by atoms with Gasteiger partial charge >= 0.3 is 0 Å². The molecule has 0 atom stereocenters. The van der Waals surface area contributed by atoms with Crippen LogP contribution in [0.4, 0.5) is 0 Å². The van der Waals surface area contributed by atoms with Gasteiger partial charge in [0.25, 0.3) is 0 Å². The molecule has 0 nitrogen and oxygen atoms in total. The highest BCUT2D eigenvalue weighted by Gasteiger charge is 2.30. The standard InChI is InChI=1S/C27H40/c1-15(2)23-13-25(21(9)17(5)19(23)7)27(11,12)26-14-24(16(3)4)20(8)18(6)22(26)10/h13-16H,1-12H3. The van der Waals surface area contributed by atoms with Crippen LogP contribution in [0.5, 0.6) is 0 Å². The molecule has 0 aromatic heterocycles. The highest BCUT2D eigenvalue weighted by molar-refractivity contribution is 5.56. The molecule has 0 bridgehead atoms. The van der Waals surface area contributed by atoms with E-state index in [1.807, 2.05) is 0 Å². The first kappa shape index (κ1) is 21.7. The predicted molar refractivity (Wildman–Crippen MR) is 122 cm³/mol. The van der Waals surface area contributed by atoms with Gasteiger partial charge in [0.2, 0.25) is 0 Å². The van der Waals surface area contributed by atoms with E-state index in [0.29, 0.717) is 11.8 Å². The van der Waals surface area contributed by atoms with Gasteiger partial charge in [-0.3, -0.25) is 0 Å². The second-order valence-corrected chi connectivity index (χ2v) is 9.71. The molecule has 148 valence electrons. The molecule has 0 amide bonds. The normalized spacial score (nSPS) is 12.4. The van der Waals surface area contributed by atoms with Crippen LogP contribution >= 0.6 is 0 Å². The zero-order valence-electron chi connectivity index (χ0n) is 19.8. The van der Waals surface area contributed by atoms with E-state index >= 15 is 0 Å². The molecule has 27 heavy (non-hydrogen) atoms. The minimum absolute atomic E-state index is 0.0155. The van der Waals surface area contributed by atoms with Gasteiger partial charge in [-0.2, -0.15) is 0 Å². The molecule has 0 aliphatic heterocycles. The number of benzene rings is 2. The van der Waals surface area contributed by atoms with Gasteiger partial charge in [0.15, 0.2) is 0 Å². The summed E-state index contributed by atoms with van der Waals surface area (Å²) in [6.45, 7) is 27.8. The Hall–Kier alpha value is -1.56. The fraction of sp³-hybridized carbons (Fsp3) is 0.556. The van der Waals surface area contributed by atoms with Crippen molar-refractivity contribution in [2.75, 3.05) is 0 Å². The molecule has 0 N–H and O–H groups in total. The zero-order valence-corrected chi connectivity index (χ0v) is 19.8. The first-order valence-electron chi connectivity index (χ1n) is 10.5. The Balaban J connectivity index is 2.85. The maximum atomic E-state index is 2.49. The van der Waals surface area contributed by atoms with Gasteiger partial charge < -0.3 is 0 Å². The molecule has 2 aromatic carbocycles. The van der Waals surface area contributed by atoms with Crippen LogP contribution in [-0.4, -0.2) is 0 Å². The molecule has 0 saturated heterocycles.